The first-order valence-electron chi connectivity index (χ1n) is 11.6. The summed E-state index contributed by atoms with van der Waals surface area (Å²) in [7, 11) is 0. The second-order valence-electron chi connectivity index (χ2n) is 9.25. The number of aliphatic hydroxyl groups is 1. The van der Waals surface area contributed by atoms with Gasteiger partial charge in [-0.25, -0.2) is 0 Å². The Labute approximate surface area is 180 Å². The molecule has 0 aromatic heterocycles. The Morgan fingerprint density at radius 3 is 2.77 bits per heavy atom. The molecule has 3 rings (SSSR count). The van der Waals surface area contributed by atoms with E-state index in [-0.39, 0.29) is 23.7 Å². The molecule has 2 saturated carbocycles. The molecule has 0 bridgehead atoms. The monoisotopic (exact) mass is 412 g/mol. The highest BCUT2D eigenvalue weighted by Gasteiger charge is 2.43. The molecule has 2 aliphatic carbocycles. The number of hydrogen-bond acceptors (Lipinski definition) is 3. The van der Waals surface area contributed by atoms with E-state index < -0.39 is 12.1 Å². The van der Waals surface area contributed by atoms with E-state index in [2.05, 4.69) is 19.1 Å². The summed E-state index contributed by atoms with van der Waals surface area (Å²) in [4.78, 5) is 23.1. The summed E-state index contributed by atoms with van der Waals surface area (Å²) >= 11 is 0. The molecule has 2 N–H and O–H groups in total. The number of unbranched alkanes of at least 4 members (excludes halogenated alkanes) is 1. The zero-order valence-electron chi connectivity index (χ0n) is 18.2. The number of rotatable bonds is 11. The lowest BCUT2D eigenvalue weighted by Gasteiger charge is -2.46. The molecule has 1 aromatic rings. The molecule has 2 fully saturated rings. The van der Waals surface area contributed by atoms with Gasteiger partial charge in [-0.1, -0.05) is 56.2 Å². The van der Waals surface area contributed by atoms with Gasteiger partial charge in [0.15, 0.2) is 0 Å². The highest BCUT2D eigenvalue weighted by molar-refractivity contribution is 5.84. The second-order valence-corrected chi connectivity index (χ2v) is 9.25. The number of Topliss-reactive ketones (excluding diaryl/α,β-unsaturated/α-hetero) is 1. The summed E-state index contributed by atoms with van der Waals surface area (Å²) in [5.41, 5.74) is 2.22. The van der Waals surface area contributed by atoms with Gasteiger partial charge in [-0.15, -0.1) is 0 Å². The second kappa shape index (κ2) is 10.4. The van der Waals surface area contributed by atoms with Crippen molar-refractivity contribution < 1.29 is 19.8 Å². The standard InChI is InChI=1S/C26H36O4/c1-2-15-26(16-8-17-26)25(30)20-10-7-9-19(18-20)21-13-14-23(27)22(21)11-5-3-4-6-12-24(28)29/h3,5,7,9-10,18,21-22,25,30H,2,4,6,8,11-17H2,1H3,(H,28,29)/t21-,22-,25+/m1/s1. The van der Waals surface area contributed by atoms with Gasteiger partial charge in [0.1, 0.15) is 5.78 Å². The van der Waals surface area contributed by atoms with Crippen molar-refractivity contribution in [2.75, 3.05) is 0 Å². The summed E-state index contributed by atoms with van der Waals surface area (Å²) in [6.07, 6.45) is 13.0. The van der Waals surface area contributed by atoms with Gasteiger partial charge in [0, 0.05) is 24.2 Å². The fourth-order valence-electron chi connectivity index (χ4n) is 5.44. The van der Waals surface area contributed by atoms with Crippen LogP contribution in [0.15, 0.2) is 36.4 Å². The van der Waals surface area contributed by atoms with Gasteiger partial charge in [-0.2, -0.15) is 0 Å². The highest BCUT2D eigenvalue weighted by Crippen LogP contribution is 2.53. The van der Waals surface area contributed by atoms with Crippen molar-refractivity contribution in [3.63, 3.8) is 0 Å². The maximum absolute atomic E-state index is 12.5. The Kier molecular flexibility index (Phi) is 7.87. The van der Waals surface area contributed by atoms with Crippen LogP contribution in [0, 0.1) is 11.3 Å². The van der Waals surface area contributed by atoms with E-state index in [1.54, 1.807) is 0 Å². The number of aliphatic carboxylic acids is 1. The minimum Gasteiger partial charge on any atom is -0.481 e. The molecule has 0 unspecified atom stereocenters. The van der Waals surface area contributed by atoms with Crippen LogP contribution in [-0.2, 0) is 9.59 Å². The van der Waals surface area contributed by atoms with Crippen molar-refractivity contribution in [3.05, 3.63) is 47.5 Å². The molecule has 3 atom stereocenters. The Bertz CT molecular complexity index is 762. The van der Waals surface area contributed by atoms with Gasteiger partial charge >= 0.3 is 5.97 Å². The van der Waals surface area contributed by atoms with Gasteiger partial charge in [-0.05, 0) is 62.0 Å². The summed E-state index contributed by atoms with van der Waals surface area (Å²) in [6, 6.07) is 8.33. The SMILES string of the molecule is CCCC1([C@@H](O)c2cccc([C@H]3CCC(=O)[C@@H]3CC=CCCCC(=O)O)c2)CCC1. The van der Waals surface area contributed by atoms with E-state index in [9.17, 15) is 14.7 Å². The third-order valence-electron chi connectivity index (χ3n) is 7.25. The van der Waals surface area contributed by atoms with E-state index in [1.165, 1.54) is 12.0 Å². The predicted octanol–water partition coefficient (Wildman–Crippen LogP) is 5.95. The lowest BCUT2D eigenvalue weighted by atomic mass is 9.61. The average molecular weight is 413 g/mol. The zero-order chi connectivity index (χ0) is 21.6. The summed E-state index contributed by atoms with van der Waals surface area (Å²) in [5.74, 6) is -0.250. The minimum atomic E-state index is -0.765. The maximum atomic E-state index is 12.5. The smallest absolute Gasteiger partial charge is 0.303 e. The van der Waals surface area contributed by atoms with E-state index in [4.69, 9.17) is 5.11 Å². The van der Waals surface area contributed by atoms with E-state index in [1.807, 2.05) is 24.3 Å². The van der Waals surface area contributed by atoms with Crippen LogP contribution in [0.5, 0.6) is 0 Å². The van der Waals surface area contributed by atoms with E-state index >= 15 is 0 Å². The average Bonchev–Trinajstić information content (AvgIpc) is 3.07. The molecule has 1 aromatic carbocycles. The summed E-state index contributed by atoms with van der Waals surface area (Å²) in [5, 5.41) is 19.9. The van der Waals surface area contributed by atoms with Crippen molar-refractivity contribution in [1.82, 2.24) is 0 Å². The number of benzene rings is 1. The fraction of sp³-hybridized carbons (Fsp3) is 0.615. The van der Waals surface area contributed by atoms with Crippen LogP contribution in [-0.4, -0.2) is 22.0 Å². The number of carbonyl (C=O) groups is 2. The molecule has 0 aliphatic heterocycles. The molecule has 0 spiro atoms. The first kappa shape index (κ1) is 22.7. The summed E-state index contributed by atoms with van der Waals surface area (Å²) in [6.45, 7) is 2.19. The van der Waals surface area contributed by atoms with Crippen LogP contribution in [0.3, 0.4) is 0 Å². The van der Waals surface area contributed by atoms with Crippen molar-refractivity contribution in [2.45, 2.75) is 89.6 Å². The topological polar surface area (TPSA) is 74.6 Å². The largest absolute Gasteiger partial charge is 0.481 e. The van der Waals surface area contributed by atoms with Crippen LogP contribution in [0.4, 0.5) is 0 Å². The number of carboxylic acid groups (broad SMARTS) is 1. The lowest BCUT2D eigenvalue weighted by Crippen LogP contribution is -2.36. The molecule has 30 heavy (non-hydrogen) atoms. The van der Waals surface area contributed by atoms with Crippen molar-refractivity contribution in [3.8, 4) is 0 Å². The first-order chi connectivity index (χ1) is 14.5. The number of carbonyl (C=O) groups excluding carboxylic acids is 1. The Balaban J connectivity index is 1.67. The summed E-state index contributed by atoms with van der Waals surface area (Å²) < 4.78 is 0. The van der Waals surface area contributed by atoms with Gasteiger partial charge in [0.05, 0.1) is 6.10 Å². The van der Waals surface area contributed by atoms with Crippen LogP contribution in [0.25, 0.3) is 0 Å². The number of ketones is 1. The van der Waals surface area contributed by atoms with Crippen molar-refractivity contribution in [1.29, 1.82) is 0 Å². The molecule has 0 radical (unpaired) electrons. The number of hydrogen-bond donors (Lipinski definition) is 2. The van der Waals surface area contributed by atoms with Gasteiger partial charge in [0.25, 0.3) is 0 Å². The highest BCUT2D eigenvalue weighted by atomic mass is 16.4. The Morgan fingerprint density at radius 1 is 1.30 bits per heavy atom. The molecular formula is C26H36O4. The number of carboxylic acids is 1. The Hall–Kier alpha value is -1.94. The first-order valence-corrected chi connectivity index (χ1v) is 11.6. The molecular weight excluding hydrogens is 376 g/mol. The molecule has 4 nitrogen and oxygen atoms in total. The van der Waals surface area contributed by atoms with Crippen LogP contribution in [0.1, 0.15) is 101 Å². The predicted molar refractivity (Wildman–Crippen MR) is 118 cm³/mol. The van der Waals surface area contributed by atoms with E-state index in [0.717, 1.165) is 44.1 Å². The third-order valence-corrected chi connectivity index (χ3v) is 7.25. The van der Waals surface area contributed by atoms with E-state index in [0.29, 0.717) is 25.0 Å². The molecule has 164 valence electrons. The van der Waals surface area contributed by atoms with Crippen LogP contribution >= 0.6 is 0 Å². The zero-order valence-corrected chi connectivity index (χ0v) is 18.2. The minimum absolute atomic E-state index is 0.0126. The maximum Gasteiger partial charge on any atom is 0.303 e. The van der Waals surface area contributed by atoms with Gasteiger partial charge < -0.3 is 10.2 Å². The fourth-order valence-corrected chi connectivity index (χ4v) is 5.44. The molecule has 0 amide bonds. The van der Waals surface area contributed by atoms with Crippen LogP contribution < -0.4 is 0 Å². The van der Waals surface area contributed by atoms with Gasteiger partial charge in [-0.3, -0.25) is 9.59 Å². The van der Waals surface area contributed by atoms with Gasteiger partial charge in [0.2, 0.25) is 0 Å². The molecule has 0 saturated heterocycles. The van der Waals surface area contributed by atoms with Crippen LogP contribution in [0.2, 0.25) is 0 Å². The molecule has 2 aliphatic rings. The third kappa shape index (κ3) is 5.21. The molecule has 0 heterocycles. The molecule has 4 heteroatoms. The normalized spacial score (nSPS) is 24.1. The number of allylic oxidation sites excluding steroid dienone is 2. The van der Waals surface area contributed by atoms with Crippen molar-refractivity contribution >= 4 is 11.8 Å². The Morgan fingerprint density at radius 2 is 2.10 bits per heavy atom. The quantitative estimate of drug-likeness (QED) is 0.348. The lowest BCUT2D eigenvalue weighted by molar-refractivity contribution is -0.137. The van der Waals surface area contributed by atoms with Crippen molar-refractivity contribution in [2.24, 2.45) is 11.3 Å². The number of aliphatic hydroxyl groups excluding tert-OH is 1.